The van der Waals surface area contributed by atoms with Gasteiger partial charge in [0.2, 0.25) is 0 Å². The van der Waals surface area contributed by atoms with Crippen LogP contribution in [-0.2, 0) is 26.6 Å². The summed E-state index contributed by atoms with van der Waals surface area (Å²) in [7, 11) is -7.76. The van der Waals surface area contributed by atoms with Gasteiger partial charge in [0.15, 0.2) is 49.9 Å². The molecule has 0 aromatic rings. The van der Waals surface area contributed by atoms with E-state index in [0.717, 1.165) is 39.5 Å². The molecule has 0 aromatic heterocycles. The van der Waals surface area contributed by atoms with Gasteiger partial charge in [0.25, 0.3) is 0 Å². The summed E-state index contributed by atoms with van der Waals surface area (Å²) >= 11 is 0. The van der Waals surface area contributed by atoms with Gasteiger partial charge < -0.3 is 31.7 Å². The molecule has 7 nitrogen and oxygen atoms in total. The van der Waals surface area contributed by atoms with Gasteiger partial charge in [-0.05, 0) is 131 Å². The van der Waals surface area contributed by atoms with Crippen molar-refractivity contribution in [1.82, 2.24) is 0 Å². The second kappa shape index (κ2) is 25.2. The van der Waals surface area contributed by atoms with Crippen LogP contribution in [0, 0.1) is 0 Å². The second-order valence-electron chi connectivity index (χ2n) is 16.2. The van der Waals surface area contributed by atoms with Gasteiger partial charge in [0, 0.05) is 19.8 Å². The van der Waals surface area contributed by atoms with Crippen LogP contribution in [0.2, 0.25) is 118 Å². The molecule has 0 saturated heterocycles. The molecule has 42 heavy (non-hydrogen) atoms. The smallest absolute Gasteiger partial charge is 0.183 e. The lowest BCUT2D eigenvalue weighted by Crippen LogP contribution is -2.31. The SMILES string of the molecule is CCCCO[Si](C)(C)C.C[Si](C)(C)OCCCO[Si](C)(C)C.C[Si](C)(C)OCCO.C[Si](C)(C)OCCO[Si](C)(C)C. The summed E-state index contributed by atoms with van der Waals surface area (Å²) in [6.07, 6.45) is 3.49. The van der Waals surface area contributed by atoms with Gasteiger partial charge in [-0.15, -0.1) is 0 Å². The summed E-state index contributed by atoms with van der Waals surface area (Å²) in [4.78, 5) is 0. The fourth-order valence-electron chi connectivity index (χ4n) is 2.39. The van der Waals surface area contributed by atoms with E-state index in [9.17, 15) is 0 Å². The van der Waals surface area contributed by atoms with E-state index in [2.05, 4.69) is 125 Å². The minimum atomic E-state index is -1.34. The van der Waals surface area contributed by atoms with E-state index >= 15 is 0 Å². The predicted molar refractivity (Wildman–Crippen MR) is 202 cm³/mol. The molecule has 0 aliphatic rings. The van der Waals surface area contributed by atoms with Crippen molar-refractivity contribution in [3.63, 3.8) is 0 Å². The third-order valence-electron chi connectivity index (χ3n) is 4.17. The molecule has 0 bridgehead atoms. The van der Waals surface area contributed by atoms with Crippen LogP contribution >= 0.6 is 0 Å². The standard InChI is InChI=1S/C9H24O2Si2.C8H22O2Si2.C7H18OSi.C5H14O2Si/c1-12(2,3)10-8-7-9-11-13(4,5)6;1-11(2,3)9-7-8-10-12(4,5)6;1-5-6-7-8-9(2,3)4;1-8(2,3)7-5-4-6/h7-9H2,1-6H3;7-8H2,1-6H3;5-7H2,1-4H3;6H,4-5H2,1-3H3. The van der Waals surface area contributed by atoms with Crippen molar-refractivity contribution in [2.24, 2.45) is 0 Å². The molecule has 0 rings (SSSR count). The molecule has 1 N–H and O–H groups in total. The lowest BCUT2D eigenvalue weighted by Gasteiger charge is -2.21. The van der Waals surface area contributed by atoms with E-state index < -0.39 is 49.9 Å². The third-order valence-corrected chi connectivity index (χ3v) is 10.6. The molecule has 0 saturated carbocycles. The molecular formula is C29H78O7Si6. The third kappa shape index (κ3) is 68.3. The lowest BCUT2D eigenvalue weighted by atomic mass is 10.4. The average Bonchev–Trinajstić information content (AvgIpc) is 2.72. The van der Waals surface area contributed by atoms with Crippen molar-refractivity contribution >= 4 is 49.9 Å². The molecule has 0 heterocycles. The zero-order valence-corrected chi connectivity index (χ0v) is 38.0. The first kappa shape index (κ1) is 49.9. The second-order valence-corrected chi connectivity index (χ2v) is 43.3. The monoisotopic (exact) mass is 706 g/mol. The Labute approximate surface area is 270 Å². The summed E-state index contributed by atoms with van der Waals surface area (Å²) in [6, 6.07) is 0. The number of rotatable bonds is 18. The van der Waals surface area contributed by atoms with Crippen molar-refractivity contribution in [3.05, 3.63) is 0 Å². The topological polar surface area (TPSA) is 75.6 Å². The van der Waals surface area contributed by atoms with Crippen LogP contribution < -0.4 is 0 Å². The number of aliphatic hydroxyl groups is 1. The first-order valence-electron chi connectivity index (χ1n) is 16.0. The van der Waals surface area contributed by atoms with Gasteiger partial charge >= 0.3 is 0 Å². The maximum Gasteiger partial charge on any atom is 0.183 e. The first-order valence-corrected chi connectivity index (χ1v) is 36.4. The highest BCUT2D eigenvalue weighted by Crippen LogP contribution is 2.07. The molecule has 13 heteroatoms. The van der Waals surface area contributed by atoms with E-state index in [0.29, 0.717) is 6.61 Å². The number of unbranched alkanes of at least 4 members (excludes halogenated alkanes) is 1. The zero-order chi connectivity index (χ0) is 34.3. The van der Waals surface area contributed by atoms with Crippen molar-refractivity contribution in [2.45, 2.75) is 144 Å². The molecule has 0 aliphatic carbocycles. The molecule has 0 aromatic carbocycles. The summed E-state index contributed by atoms with van der Waals surface area (Å²) in [5.41, 5.74) is 0. The minimum absolute atomic E-state index is 0.143. The Balaban J connectivity index is -0.000000233. The fourth-order valence-corrected chi connectivity index (χ4v) is 6.75. The van der Waals surface area contributed by atoms with Crippen LogP contribution in [0.15, 0.2) is 0 Å². The molecule has 0 aliphatic heterocycles. The van der Waals surface area contributed by atoms with E-state index in [1.165, 1.54) is 12.8 Å². The molecule has 0 radical (unpaired) electrons. The highest BCUT2D eigenvalue weighted by Gasteiger charge is 2.17. The van der Waals surface area contributed by atoms with Gasteiger partial charge in [0.05, 0.1) is 26.4 Å². The van der Waals surface area contributed by atoms with Gasteiger partial charge in [0.1, 0.15) is 0 Å². The maximum atomic E-state index is 8.33. The Kier molecular flexibility index (Phi) is 29.9. The Morgan fingerprint density at radius 2 is 0.548 bits per heavy atom. The zero-order valence-electron chi connectivity index (χ0n) is 32.0. The molecular weight excluding hydrogens is 629 g/mol. The van der Waals surface area contributed by atoms with E-state index in [4.69, 9.17) is 31.7 Å². The number of aliphatic hydroxyl groups excluding tert-OH is 1. The lowest BCUT2D eigenvalue weighted by molar-refractivity contribution is 0.197. The van der Waals surface area contributed by atoms with Crippen LogP contribution in [0.1, 0.15) is 26.2 Å². The highest BCUT2D eigenvalue weighted by atomic mass is 28.4. The van der Waals surface area contributed by atoms with Gasteiger partial charge in [-0.1, -0.05) is 13.3 Å². The van der Waals surface area contributed by atoms with Gasteiger partial charge in [-0.25, -0.2) is 0 Å². The summed E-state index contributed by atoms with van der Waals surface area (Å²) in [6.45, 7) is 46.5. The van der Waals surface area contributed by atoms with Crippen molar-refractivity contribution in [2.75, 3.05) is 46.2 Å². The van der Waals surface area contributed by atoms with E-state index in [-0.39, 0.29) is 6.61 Å². The largest absolute Gasteiger partial charge is 0.418 e. The Hall–Kier alpha value is 1.02. The fraction of sp³-hybridized carbons (Fsp3) is 1.00. The van der Waals surface area contributed by atoms with Gasteiger partial charge in [-0.2, -0.15) is 0 Å². The van der Waals surface area contributed by atoms with Gasteiger partial charge in [-0.3, -0.25) is 0 Å². The van der Waals surface area contributed by atoms with Crippen LogP contribution in [0.5, 0.6) is 0 Å². The van der Waals surface area contributed by atoms with Crippen LogP contribution in [0.3, 0.4) is 0 Å². The maximum absolute atomic E-state index is 8.33. The highest BCUT2D eigenvalue weighted by molar-refractivity contribution is 6.71. The summed E-state index contributed by atoms with van der Waals surface area (Å²) < 4.78 is 33.6. The molecule has 0 spiro atoms. The predicted octanol–water partition coefficient (Wildman–Crippen LogP) is 9.24. The van der Waals surface area contributed by atoms with Crippen LogP contribution in [-0.4, -0.2) is 101 Å². The molecule has 0 atom stereocenters. The average molecular weight is 707 g/mol. The summed E-state index contributed by atoms with van der Waals surface area (Å²) in [5, 5.41) is 8.33. The van der Waals surface area contributed by atoms with Crippen molar-refractivity contribution in [3.8, 4) is 0 Å². The van der Waals surface area contributed by atoms with Crippen LogP contribution in [0.4, 0.5) is 0 Å². The quantitative estimate of drug-likeness (QED) is 0.113. The molecule has 260 valence electrons. The molecule has 0 fully saturated rings. The molecule has 0 amide bonds. The minimum Gasteiger partial charge on any atom is -0.418 e. The first-order chi connectivity index (χ1) is 18.5. The Bertz CT molecular complexity index is 554. The summed E-state index contributed by atoms with van der Waals surface area (Å²) in [5.74, 6) is 0. The molecule has 0 unspecified atom stereocenters. The van der Waals surface area contributed by atoms with Crippen molar-refractivity contribution < 1.29 is 31.7 Å². The Morgan fingerprint density at radius 3 is 0.738 bits per heavy atom. The number of hydrogen-bond acceptors (Lipinski definition) is 7. The van der Waals surface area contributed by atoms with E-state index in [1.807, 2.05) is 0 Å². The van der Waals surface area contributed by atoms with E-state index in [1.54, 1.807) is 0 Å². The van der Waals surface area contributed by atoms with Crippen LogP contribution in [0.25, 0.3) is 0 Å². The Morgan fingerprint density at radius 1 is 0.333 bits per heavy atom. The number of hydrogen-bond donors (Lipinski definition) is 1. The normalized spacial score (nSPS) is 12.9. The van der Waals surface area contributed by atoms with Crippen molar-refractivity contribution in [1.29, 1.82) is 0 Å².